The topological polar surface area (TPSA) is 86.8 Å². The van der Waals surface area contributed by atoms with E-state index in [1.807, 2.05) is 27.7 Å². The maximum Gasteiger partial charge on any atom is 0.264 e. The third-order valence-corrected chi connectivity index (χ3v) is 9.37. The number of nitrogens with one attached hydrogen (secondary N) is 1. The summed E-state index contributed by atoms with van der Waals surface area (Å²) >= 11 is 9.83. The van der Waals surface area contributed by atoms with Gasteiger partial charge >= 0.3 is 0 Å². The normalized spacial score (nSPS) is 12.8. The summed E-state index contributed by atoms with van der Waals surface area (Å²) in [6, 6.07) is 19.4. The minimum absolute atomic E-state index is 0.0453. The number of rotatable bonds is 12. The Kier molecular flexibility index (Phi) is 11.2. The Morgan fingerprint density at radius 2 is 1.57 bits per heavy atom. The van der Waals surface area contributed by atoms with Crippen LogP contribution in [0, 0.1) is 6.92 Å². The lowest BCUT2D eigenvalue weighted by Gasteiger charge is -2.34. The first-order chi connectivity index (χ1) is 19.0. The Bertz CT molecular complexity index is 1420. The fraction of sp³-hybridized carbons (Fsp3) is 0.333. The third kappa shape index (κ3) is 7.86. The standard InChI is InChI=1S/C30H35BrClN3O4S/c1-5-22(4)33-30(37)28(6-2)34(19-23-9-7-8-10-27(23)32)29(36)20-35(25-15-13-24(31)14-16-25)40(38,39)26-17-11-21(3)12-18-26/h7-18,22,28H,5-6,19-20H2,1-4H3,(H,33,37). The molecule has 0 aliphatic carbocycles. The molecule has 7 nitrogen and oxygen atoms in total. The highest BCUT2D eigenvalue weighted by atomic mass is 79.9. The summed E-state index contributed by atoms with van der Waals surface area (Å²) < 4.78 is 29.7. The summed E-state index contributed by atoms with van der Waals surface area (Å²) in [5, 5.41) is 3.42. The largest absolute Gasteiger partial charge is 0.352 e. The molecule has 3 aromatic rings. The Morgan fingerprint density at radius 3 is 2.15 bits per heavy atom. The molecule has 3 aromatic carbocycles. The van der Waals surface area contributed by atoms with E-state index in [1.54, 1.807) is 60.7 Å². The minimum atomic E-state index is -4.13. The molecule has 2 atom stereocenters. The van der Waals surface area contributed by atoms with Crippen LogP contribution in [-0.2, 0) is 26.2 Å². The van der Waals surface area contributed by atoms with Crippen LogP contribution in [0.5, 0.6) is 0 Å². The van der Waals surface area contributed by atoms with Crippen molar-refractivity contribution in [3.05, 3.63) is 93.4 Å². The fourth-order valence-electron chi connectivity index (χ4n) is 4.14. The van der Waals surface area contributed by atoms with E-state index in [2.05, 4.69) is 21.2 Å². The predicted molar refractivity (Wildman–Crippen MR) is 164 cm³/mol. The fourth-order valence-corrected chi connectivity index (χ4v) is 6.02. The van der Waals surface area contributed by atoms with Crippen molar-refractivity contribution in [1.29, 1.82) is 0 Å². The molecule has 1 N–H and O–H groups in total. The highest BCUT2D eigenvalue weighted by Crippen LogP contribution is 2.27. The predicted octanol–water partition coefficient (Wildman–Crippen LogP) is 6.33. The molecule has 0 spiro atoms. The van der Waals surface area contributed by atoms with Gasteiger partial charge in [-0.1, -0.05) is 77.3 Å². The summed E-state index contributed by atoms with van der Waals surface area (Å²) in [5.74, 6) is -0.821. The highest BCUT2D eigenvalue weighted by molar-refractivity contribution is 9.10. The second-order valence-electron chi connectivity index (χ2n) is 9.66. The van der Waals surface area contributed by atoms with E-state index in [-0.39, 0.29) is 23.4 Å². The number of carbonyl (C=O) groups is 2. The lowest BCUT2D eigenvalue weighted by atomic mass is 10.1. The maximum atomic E-state index is 14.1. The number of benzene rings is 3. The number of halogens is 2. The number of amides is 2. The van der Waals surface area contributed by atoms with Gasteiger partial charge in [-0.3, -0.25) is 13.9 Å². The van der Waals surface area contributed by atoms with E-state index in [0.717, 1.165) is 20.8 Å². The lowest BCUT2D eigenvalue weighted by molar-refractivity contribution is -0.140. The molecule has 0 fully saturated rings. The zero-order chi connectivity index (χ0) is 29.4. The molecule has 40 heavy (non-hydrogen) atoms. The molecule has 0 aliphatic rings. The second-order valence-corrected chi connectivity index (χ2v) is 12.8. The number of aryl methyl sites for hydroxylation is 1. The molecule has 0 radical (unpaired) electrons. The average Bonchev–Trinajstić information content (AvgIpc) is 2.93. The van der Waals surface area contributed by atoms with Gasteiger partial charge in [-0.25, -0.2) is 8.42 Å². The van der Waals surface area contributed by atoms with Crippen molar-refractivity contribution in [2.24, 2.45) is 0 Å². The van der Waals surface area contributed by atoms with Crippen LogP contribution in [0.2, 0.25) is 5.02 Å². The van der Waals surface area contributed by atoms with Crippen LogP contribution in [0.15, 0.2) is 82.2 Å². The Balaban J connectivity index is 2.06. The van der Waals surface area contributed by atoms with Crippen molar-refractivity contribution < 1.29 is 18.0 Å². The number of hydrogen-bond donors (Lipinski definition) is 1. The molecule has 0 saturated carbocycles. The van der Waals surface area contributed by atoms with Crippen LogP contribution >= 0.6 is 27.5 Å². The summed E-state index contributed by atoms with van der Waals surface area (Å²) in [4.78, 5) is 28.9. The van der Waals surface area contributed by atoms with Gasteiger partial charge < -0.3 is 10.2 Å². The van der Waals surface area contributed by atoms with Gasteiger partial charge in [0.25, 0.3) is 10.0 Å². The highest BCUT2D eigenvalue weighted by Gasteiger charge is 2.34. The van der Waals surface area contributed by atoms with Gasteiger partial charge in [0.15, 0.2) is 0 Å². The van der Waals surface area contributed by atoms with Crippen molar-refractivity contribution >= 4 is 55.1 Å². The molecule has 0 bridgehead atoms. The zero-order valence-electron chi connectivity index (χ0n) is 23.1. The SMILES string of the molecule is CCC(C)NC(=O)C(CC)N(Cc1ccccc1Cl)C(=O)CN(c1ccc(Br)cc1)S(=O)(=O)c1ccc(C)cc1. The van der Waals surface area contributed by atoms with Gasteiger partial charge in [0.1, 0.15) is 12.6 Å². The van der Waals surface area contributed by atoms with E-state index in [9.17, 15) is 18.0 Å². The molecule has 0 saturated heterocycles. The maximum absolute atomic E-state index is 14.1. The van der Waals surface area contributed by atoms with E-state index in [4.69, 9.17) is 11.6 Å². The number of anilines is 1. The van der Waals surface area contributed by atoms with Gasteiger partial charge in [0, 0.05) is 22.1 Å². The first-order valence-electron chi connectivity index (χ1n) is 13.2. The molecule has 10 heteroatoms. The van der Waals surface area contributed by atoms with Crippen LogP contribution < -0.4 is 9.62 Å². The van der Waals surface area contributed by atoms with Crippen molar-refractivity contribution in [2.45, 2.75) is 64.1 Å². The first-order valence-corrected chi connectivity index (χ1v) is 15.8. The van der Waals surface area contributed by atoms with E-state index < -0.39 is 28.5 Å². The summed E-state index contributed by atoms with van der Waals surface area (Å²) in [7, 11) is -4.13. The average molecular weight is 649 g/mol. The van der Waals surface area contributed by atoms with Gasteiger partial charge in [0.05, 0.1) is 10.6 Å². The van der Waals surface area contributed by atoms with Crippen molar-refractivity contribution in [3.63, 3.8) is 0 Å². The summed E-state index contributed by atoms with van der Waals surface area (Å²) in [6.45, 7) is 7.09. The Morgan fingerprint density at radius 1 is 0.950 bits per heavy atom. The van der Waals surface area contributed by atoms with Gasteiger partial charge in [0.2, 0.25) is 11.8 Å². The zero-order valence-corrected chi connectivity index (χ0v) is 26.3. The Hall–Kier alpha value is -2.88. The number of sulfonamides is 1. The van der Waals surface area contributed by atoms with Crippen molar-refractivity contribution in [1.82, 2.24) is 10.2 Å². The van der Waals surface area contributed by atoms with Crippen molar-refractivity contribution in [3.8, 4) is 0 Å². The molecule has 0 aromatic heterocycles. The van der Waals surface area contributed by atoms with E-state index in [1.165, 1.54) is 17.0 Å². The quantitative estimate of drug-likeness (QED) is 0.249. The van der Waals surface area contributed by atoms with Crippen LogP contribution in [0.3, 0.4) is 0 Å². The van der Waals surface area contributed by atoms with Gasteiger partial charge in [-0.2, -0.15) is 0 Å². The number of nitrogens with zero attached hydrogens (tertiary/aromatic N) is 2. The summed E-state index contributed by atoms with van der Waals surface area (Å²) in [5.41, 5.74) is 1.89. The van der Waals surface area contributed by atoms with E-state index in [0.29, 0.717) is 22.7 Å². The monoisotopic (exact) mass is 647 g/mol. The first kappa shape index (κ1) is 31.6. The molecule has 214 valence electrons. The van der Waals surface area contributed by atoms with Crippen LogP contribution in [0.4, 0.5) is 5.69 Å². The smallest absolute Gasteiger partial charge is 0.264 e. The van der Waals surface area contributed by atoms with Crippen LogP contribution in [0.1, 0.15) is 44.7 Å². The molecule has 0 heterocycles. The molecular weight excluding hydrogens is 614 g/mol. The van der Waals surface area contributed by atoms with E-state index >= 15 is 0 Å². The summed E-state index contributed by atoms with van der Waals surface area (Å²) in [6.07, 6.45) is 1.06. The molecular formula is C30H35BrClN3O4S. The molecule has 3 rings (SSSR count). The van der Waals surface area contributed by atoms with Crippen LogP contribution in [-0.4, -0.2) is 43.8 Å². The molecule has 0 aliphatic heterocycles. The minimum Gasteiger partial charge on any atom is -0.352 e. The van der Waals surface area contributed by atoms with Gasteiger partial charge in [-0.05, 0) is 74.7 Å². The van der Waals surface area contributed by atoms with Crippen molar-refractivity contribution in [2.75, 3.05) is 10.8 Å². The van der Waals surface area contributed by atoms with Crippen LogP contribution in [0.25, 0.3) is 0 Å². The van der Waals surface area contributed by atoms with Gasteiger partial charge in [-0.15, -0.1) is 0 Å². The number of carbonyl (C=O) groups excluding carboxylic acids is 2. The Labute approximate surface area is 250 Å². The third-order valence-electron chi connectivity index (χ3n) is 6.69. The molecule has 2 unspecified atom stereocenters. The lowest BCUT2D eigenvalue weighted by Crippen LogP contribution is -2.53. The second kappa shape index (κ2) is 14.1. The molecule has 2 amide bonds. The number of hydrogen-bond acceptors (Lipinski definition) is 4.